The van der Waals surface area contributed by atoms with Gasteiger partial charge in [0.2, 0.25) is 5.78 Å². The quantitative estimate of drug-likeness (QED) is 0.737. The molecule has 2 aromatic rings. The highest BCUT2D eigenvalue weighted by Crippen LogP contribution is 2.44. The summed E-state index contributed by atoms with van der Waals surface area (Å²) in [5.41, 5.74) is 0.588. The van der Waals surface area contributed by atoms with Crippen LogP contribution in [-0.4, -0.2) is 21.1 Å². The zero-order valence-corrected chi connectivity index (χ0v) is 10.4. The molecule has 0 fully saturated rings. The van der Waals surface area contributed by atoms with Crippen LogP contribution in [0.4, 0.5) is 0 Å². The van der Waals surface area contributed by atoms with Gasteiger partial charge in [-0.05, 0) is 5.56 Å². The number of phenols is 2. The lowest BCUT2D eigenvalue weighted by Crippen LogP contribution is -2.30. The predicted molar refractivity (Wildman–Crippen MR) is 69.5 cm³/mol. The van der Waals surface area contributed by atoms with E-state index in [1.165, 1.54) is 6.07 Å². The van der Waals surface area contributed by atoms with E-state index >= 15 is 0 Å². The molecule has 0 amide bonds. The normalized spacial score (nSPS) is 21.1. The molecule has 2 atom stereocenters. The largest absolute Gasteiger partial charge is 0.508 e. The van der Waals surface area contributed by atoms with Gasteiger partial charge in [-0.1, -0.05) is 30.3 Å². The first-order chi connectivity index (χ1) is 9.58. The van der Waals surface area contributed by atoms with Crippen LogP contribution in [0, 0.1) is 0 Å². The molecule has 1 unspecified atom stereocenters. The molecule has 0 saturated carbocycles. The Morgan fingerprint density at radius 3 is 2.45 bits per heavy atom. The van der Waals surface area contributed by atoms with Crippen molar-refractivity contribution in [2.24, 2.45) is 0 Å². The lowest BCUT2D eigenvalue weighted by molar-refractivity contribution is -0.137. The van der Waals surface area contributed by atoms with E-state index in [2.05, 4.69) is 0 Å². The molecular weight excluding hydrogens is 260 g/mol. The Balaban J connectivity index is 2.09. The van der Waals surface area contributed by atoms with Crippen LogP contribution in [0.2, 0.25) is 0 Å². The van der Waals surface area contributed by atoms with Crippen LogP contribution in [0.25, 0.3) is 0 Å². The average molecular weight is 272 g/mol. The summed E-state index contributed by atoms with van der Waals surface area (Å²) in [5, 5.41) is 29.3. The molecule has 5 heteroatoms. The highest BCUT2D eigenvalue weighted by Gasteiger charge is 2.38. The fourth-order valence-electron chi connectivity index (χ4n) is 2.30. The van der Waals surface area contributed by atoms with E-state index in [4.69, 9.17) is 4.74 Å². The lowest BCUT2D eigenvalue weighted by atomic mass is 9.93. The Morgan fingerprint density at radius 2 is 1.75 bits per heavy atom. The van der Waals surface area contributed by atoms with Gasteiger partial charge in [-0.25, -0.2) is 0 Å². The minimum absolute atomic E-state index is 0.0139. The third-order valence-corrected chi connectivity index (χ3v) is 3.25. The Kier molecular flexibility index (Phi) is 2.84. The maximum atomic E-state index is 12.2. The predicted octanol–water partition coefficient (Wildman–Crippen LogP) is 1.83. The van der Waals surface area contributed by atoms with Crippen LogP contribution < -0.4 is 4.74 Å². The van der Waals surface area contributed by atoms with Gasteiger partial charge < -0.3 is 20.1 Å². The summed E-state index contributed by atoms with van der Waals surface area (Å²) in [5.74, 6) is -1.02. The molecule has 102 valence electrons. The molecule has 20 heavy (non-hydrogen) atoms. The maximum Gasteiger partial charge on any atom is 0.211 e. The molecule has 5 nitrogen and oxygen atoms in total. The van der Waals surface area contributed by atoms with Gasteiger partial charge in [0.15, 0.2) is 6.10 Å². The first-order valence-corrected chi connectivity index (χ1v) is 6.07. The highest BCUT2D eigenvalue weighted by atomic mass is 16.5. The fourth-order valence-corrected chi connectivity index (χ4v) is 2.30. The molecule has 1 aliphatic heterocycles. The first kappa shape index (κ1) is 12.5. The van der Waals surface area contributed by atoms with Crippen molar-refractivity contribution < 1.29 is 24.9 Å². The van der Waals surface area contributed by atoms with E-state index in [-0.39, 0.29) is 22.8 Å². The monoisotopic (exact) mass is 272 g/mol. The van der Waals surface area contributed by atoms with E-state index in [1.807, 2.05) is 0 Å². The number of aliphatic hydroxyl groups is 1. The number of fused-ring (bicyclic) bond motifs is 1. The molecule has 0 saturated heterocycles. The first-order valence-electron chi connectivity index (χ1n) is 6.07. The van der Waals surface area contributed by atoms with Crippen molar-refractivity contribution in [3.05, 3.63) is 53.6 Å². The zero-order chi connectivity index (χ0) is 14.3. The van der Waals surface area contributed by atoms with E-state index in [0.29, 0.717) is 5.56 Å². The van der Waals surface area contributed by atoms with Crippen molar-refractivity contribution in [3.63, 3.8) is 0 Å². The zero-order valence-electron chi connectivity index (χ0n) is 10.4. The van der Waals surface area contributed by atoms with Gasteiger partial charge in [0.25, 0.3) is 0 Å². The van der Waals surface area contributed by atoms with Gasteiger partial charge in [-0.3, -0.25) is 4.79 Å². The van der Waals surface area contributed by atoms with Crippen molar-refractivity contribution in [2.45, 2.75) is 12.2 Å². The maximum absolute atomic E-state index is 12.2. The minimum atomic E-state index is -1.48. The number of hydrogen-bond donors (Lipinski definition) is 3. The number of carbonyl (C=O) groups excluding carboxylic acids is 1. The number of aliphatic hydroxyl groups excluding tert-OH is 1. The molecule has 0 spiro atoms. The summed E-state index contributed by atoms with van der Waals surface area (Å²) in [6.45, 7) is 0. The van der Waals surface area contributed by atoms with E-state index in [9.17, 15) is 20.1 Å². The molecule has 2 aromatic carbocycles. The summed E-state index contributed by atoms with van der Waals surface area (Å²) in [7, 11) is 0. The van der Waals surface area contributed by atoms with Gasteiger partial charge in [0.05, 0.1) is 5.56 Å². The van der Waals surface area contributed by atoms with Crippen molar-refractivity contribution in [1.29, 1.82) is 0 Å². The van der Waals surface area contributed by atoms with Gasteiger partial charge in [-0.2, -0.15) is 0 Å². The summed E-state index contributed by atoms with van der Waals surface area (Å²) < 4.78 is 5.53. The second-order valence-electron chi connectivity index (χ2n) is 4.59. The molecule has 1 aliphatic rings. The van der Waals surface area contributed by atoms with Crippen LogP contribution in [0.5, 0.6) is 17.2 Å². The number of aromatic hydroxyl groups is 2. The van der Waals surface area contributed by atoms with Gasteiger partial charge in [0.1, 0.15) is 23.4 Å². The molecule has 0 bridgehead atoms. The van der Waals surface area contributed by atoms with Crippen LogP contribution >= 0.6 is 0 Å². The number of ether oxygens (including phenoxy) is 1. The van der Waals surface area contributed by atoms with Crippen LogP contribution in [0.3, 0.4) is 0 Å². The van der Waals surface area contributed by atoms with E-state index < -0.39 is 18.0 Å². The Morgan fingerprint density at radius 1 is 1.05 bits per heavy atom. The summed E-state index contributed by atoms with van der Waals surface area (Å²) in [4.78, 5) is 12.2. The molecular formula is C15H12O5. The number of ketones is 1. The second-order valence-corrected chi connectivity index (χ2v) is 4.59. The Labute approximate surface area is 114 Å². The Bertz CT molecular complexity index is 665. The summed E-state index contributed by atoms with van der Waals surface area (Å²) in [6, 6.07) is 11.1. The number of phenolic OH excluding ortho intramolecular Hbond substituents is 2. The molecule has 0 aromatic heterocycles. The van der Waals surface area contributed by atoms with Crippen molar-refractivity contribution >= 4 is 5.78 Å². The third-order valence-electron chi connectivity index (χ3n) is 3.25. The fraction of sp³-hybridized carbons (Fsp3) is 0.133. The number of benzene rings is 2. The van der Waals surface area contributed by atoms with E-state index in [0.717, 1.165) is 6.07 Å². The molecule has 0 radical (unpaired) electrons. The Hall–Kier alpha value is -2.53. The van der Waals surface area contributed by atoms with Crippen molar-refractivity contribution in [3.8, 4) is 17.2 Å². The smallest absolute Gasteiger partial charge is 0.211 e. The van der Waals surface area contributed by atoms with Crippen LogP contribution in [-0.2, 0) is 4.79 Å². The number of Topliss-reactive ketones (excluding diaryl/α,β-unsaturated/α-hetero) is 1. The number of carbonyl (C=O) groups is 1. The second kappa shape index (κ2) is 4.54. The number of hydrogen-bond acceptors (Lipinski definition) is 5. The highest BCUT2D eigenvalue weighted by molar-refractivity contribution is 5.92. The molecule has 1 heterocycles. The summed E-state index contributed by atoms with van der Waals surface area (Å²) >= 11 is 0. The molecule has 3 N–H and O–H groups in total. The van der Waals surface area contributed by atoms with Crippen LogP contribution in [0.1, 0.15) is 23.3 Å². The van der Waals surface area contributed by atoms with Gasteiger partial charge in [-0.15, -0.1) is 0 Å². The number of rotatable bonds is 1. The van der Waals surface area contributed by atoms with Crippen molar-refractivity contribution in [1.82, 2.24) is 0 Å². The third kappa shape index (κ3) is 1.88. The lowest BCUT2D eigenvalue weighted by Gasteiger charge is -2.29. The summed E-state index contributed by atoms with van der Waals surface area (Å²) in [6.07, 6.45) is -2.44. The van der Waals surface area contributed by atoms with Crippen LogP contribution in [0.15, 0.2) is 42.5 Å². The van der Waals surface area contributed by atoms with E-state index in [1.54, 1.807) is 30.3 Å². The van der Waals surface area contributed by atoms with Gasteiger partial charge in [0, 0.05) is 12.1 Å². The standard InChI is InChI=1S/C15H12O5/c16-9-6-10(17)12-11(7-9)20-15(14(19)13(12)18)8-4-2-1-3-5-8/h1-7,13,15-18H/t13?,15-/m0/s1. The molecule has 3 rings (SSSR count). The SMILES string of the molecule is O=C1C(O)c2c(O)cc(O)cc2O[C@H]1c1ccccc1. The minimum Gasteiger partial charge on any atom is -0.508 e. The average Bonchev–Trinajstić information content (AvgIpc) is 2.43. The topological polar surface area (TPSA) is 87.0 Å². The van der Waals surface area contributed by atoms with Gasteiger partial charge >= 0.3 is 0 Å². The molecule has 0 aliphatic carbocycles. The van der Waals surface area contributed by atoms with Crippen molar-refractivity contribution in [2.75, 3.05) is 0 Å².